The minimum absolute atomic E-state index is 0.0630. The highest BCUT2D eigenvalue weighted by molar-refractivity contribution is 5.81. The number of carbonyl (C=O) groups excluding carboxylic acids is 3. The molecule has 0 aromatic rings. The first kappa shape index (κ1) is 19.7. The van der Waals surface area contributed by atoms with Crippen LogP contribution in [0.1, 0.15) is 52.4 Å². The van der Waals surface area contributed by atoms with Gasteiger partial charge >= 0.3 is 5.97 Å². The topological polar surface area (TPSA) is 96.5 Å². The molecule has 1 aliphatic carbocycles. The van der Waals surface area contributed by atoms with Crippen molar-refractivity contribution in [3.05, 3.63) is 0 Å². The Bertz CT molecular complexity index is 471. The average molecular weight is 353 g/mol. The molecule has 1 atom stereocenters. The third kappa shape index (κ3) is 6.30. The minimum atomic E-state index is -0.231. The molecule has 0 bridgehead atoms. The Hall–Kier alpha value is -1.63. The molecule has 142 valence electrons. The first-order valence-electron chi connectivity index (χ1n) is 9.44. The largest absolute Gasteiger partial charge is 0.444 e. The van der Waals surface area contributed by atoms with Crippen molar-refractivity contribution in [2.24, 2.45) is 17.8 Å². The Morgan fingerprint density at radius 2 is 1.84 bits per heavy atom. The van der Waals surface area contributed by atoms with Gasteiger partial charge in [0.1, 0.15) is 0 Å². The number of ether oxygens (including phenoxy) is 1. The molecule has 7 nitrogen and oxygen atoms in total. The number of piperidine rings is 1. The molecule has 1 saturated heterocycles. The predicted octanol–water partition coefficient (Wildman–Crippen LogP) is 0.934. The van der Waals surface area contributed by atoms with Crippen LogP contribution < -0.4 is 16.0 Å². The van der Waals surface area contributed by atoms with Crippen molar-refractivity contribution in [3.8, 4) is 0 Å². The van der Waals surface area contributed by atoms with Gasteiger partial charge in [-0.2, -0.15) is 0 Å². The van der Waals surface area contributed by atoms with E-state index in [0.717, 1.165) is 32.4 Å². The van der Waals surface area contributed by atoms with Crippen molar-refractivity contribution in [2.45, 2.75) is 58.4 Å². The molecule has 7 heteroatoms. The van der Waals surface area contributed by atoms with Gasteiger partial charge < -0.3 is 20.7 Å². The van der Waals surface area contributed by atoms with Crippen LogP contribution in [-0.2, 0) is 19.1 Å². The zero-order valence-corrected chi connectivity index (χ0v) is 15.3. The van der Waals surface area contributed by atoms with E-state index in [9.17, 15) is 14.4 Å². The lowest BCUT2D eigenvalue weighted by atomic mass is 9.79. The van der Waals surface area contributed by atoms with Gasteiger partial charge in [0.25, 0.3) is 0 Å². The van der Waals surface area contributed by atoms with Crippen molar-refractivity contribution in [3.63, 3.8) is 0 Å². The molecule has 0 aromatic heterocycles. The highest BCUT2D eigenvalue weighted by atomic mass is 16.5. The molecular weight excluding hydrogens is 322 g/mol. The minimum Gasteiger partial charge on any atom is -0.444 e. The molecule has 1 unspecified atom stereocenters. The molecule has 2 aliphatic rings. The zero-order valence-electron chi connectivity index (χ0n) is 15.3. The van der Waals surface area contributed by atoms with Crippen molar-refractivity contribution in [1.82, 2.24) is 16.0 Å². The molecular formula is C18H31N3O4. The van der Waals surface area contributed by atoms with Crippen LogP contribution in [-0.4, -0.2) is 43.6 Å². The summed E-state index contributed by atoms with van der Waals surface area (Å²) in [6.07, 6.45) is 4.40. The van der Waals surface area contributed by atoms with Crippen LogP contribution in [0.15, 0.2) is 0 Å². The Balaban J connectivity index is 1.55. The van der Waals surface area contributed by atoms with Gasteiger partial charge in [0.15, 0.2) is 6.73 Å². The summed E-state index contributed by atoms with van der Waals surface area (Å²) in [6, 6.07) is 0.0876. The molecule has 2 amide bonds. The summed E-state index contributed by atoms with van der Waals surface area (Å²) < 4.78 is 5.15. The van der Waals surface area contributed by atoms with Crippen LogP contribution in [0.25, 0.3) is 0 Å². The summed E-state index contributed by atoms with van der Waals surface area (Å²) >= 11 is 0. The van der Waals surface area contributed by atoms with E-state index in [1.54, 1.807) is 0 Å². The second-order valence-corrected chi connectivity index (χ2v) is 7.32. The van der Waals surface area contributed by atoms with Gasteiger partial charge in [-0.1, -0.05) is 20.3 Å². The van der Waals surface area contributed by atoms with E-state index in [-0.39, 0.29) is 42.4 Å². The molecule has 0 aromatic carbocycles. The van der Waals surface area contributed by atoms with E-state index >= 15 is 0 Å². The van der Waals surface area contributed by atoms with Crippen LogP contribution in [0.3, 0.4) is 0 Å². The van der Waals surface area contributed by atoms with Gasteiger partial charge in [-0.05, 0) is 44.7 Å². The average Bonchev–Trinajstić information content (AvgIpc) is 2.58. The van der Waals surface area contributed by atoms with Crippen LogP contribution in [0.4, 0.5) is 0 Å². The van der Waals surface area contributed by atoms with Gasteiger partial charge in [-0.25, -0.2) is 0 Å². The van der Waals surface area contributed by atoms with E-state index in [0.29, 0.717) is 25.2 Å². The summed E-state index contributed by atoms with van der Waals surface area (Å²) in [7, 11) is 0. The maximum atomic E-state index is 12.0. The number of hydrogen-bond donors (Lipinski definition) is 3. The van der Waals surface area contributed by atoms with Crippen molar-refractivity contribution >= 4 is 17.8 Å². The molecule has 0 spiro atoms. The summed E-state index contributed by atoms with van der Waals surface area (Å²) in [4.78, 5) is 35.7. The lowest BCUT2D eigenvalue weighted by molar-refractivity contribution is -0.151. The van der Waals surface area contributed by atoms with Crippen molar-refractivity contribution in [1.29, 1.82) is 0 Å². The molecule has 1 aliphatic heterocycles. The SMILES string of the molecule is CCC(C)CC(=O)NC1CC(C(=O)NCOC(=O)C2CCNCC2)C1. The molecule has 2 fully saturated rings. The monoisotopic (exact) mass is 353 g/mol. The van der Waals surface area contributed by atoms with Crippen molar-refractivity contribution < 1.29 is 19.1 Å². The second kappa shape index (κ2) is 9.75. The maximum Gasteiger partial charge on any atom is 0.310 e. The number of rotatable bonds is 8. The molecule has 0 radical (unpaired) electrons. The Morgan fingerprint density at radius 1 is 1.16 bits per heavy atom. The Kier molecular flexibility index (Phi) is 7.68. The van der Waals surface area contributed by atoms with E-state index in [4.69, 9.17) is 4.74 Å². The molecule has 1 heterocycles. The van der Waals surface area contributed by atoms with Gasteiger partial charge in [0, 0.05) is 18.4 Å². The lowest BCUT2D eigenvalue weighted by Crippen LogP contribution is -2.50. The first-order chi connectivity index (χ1) is 12.0. The van der Waals surface area contributed by atoms with E-state index in [1.807, 2.05) is 0 Å². The van der Waals surface area contributed by atoms with E-state index in [2.05, 4.69) is 29.8 Å². The van der Waals surface area contributed by atoms with Crippen molar-refractivity contribution in [2.75, 3.05) is 19.8 Å². The zero-order chi connectivity index (χ0) is 18.2. The summed E-state index contributed by atoms with van der Waals surface area (Å²) in [6.45, 7) is 5.72. The molecule has 3 N–H and O–H groups in total. The quantitative estimate of drug-likeness (QED) is 0.446. The maximum absolute atomic E-state index is 12.0. The molecule has 2 rings (SSSR count). The molecule has 25 heavy (non-hydrogen) atoms. The predicted molar refractivity (Wildman–Crippen MR) is 93.4 cm³/mol. The Labute approximate surface area is 149 Å². The summed E-state index contributed by atoms with van der Waals surface area (Å²) in [5.74, 6) is -0.0579. The normalized spacial score (nSPS) is 24.7. The number of carbonyl (C=O) groups is 3. The summed E-state index contributed by atoms with van der Waals surface area (Å²) in [5.41, 5.74) is 0. The smallest absolute Gasteiger partial charge is 0.310 e. The van der Waals surface area contributed by atoms with Gasteiger partial charge in [0.05, 0.1) is 5.92 Å². The van der Waals surface area contributed by atoms with Crippen LogP contribution >= 0.6 is 0 Å². The third-order valence-electron chi connectivity index (χ3n) is 5.24. The number of amides is 2. The van der Waals surface area contributed by atoms with Crippen LogP contribution in [0.2, 0.25) is 0 Å². The fraction of sp³-hybridized carbons (Fsp3) is 0.833. The van der Waals surface area contributed by atoms with E-state index in [1.165, 1.54) is 0 Å². The van der Waals surface area contributed by atoms with Crippen LogP contribution in [0, 0.1) is 17.8 Å². The number of nitrogens with one attached hydrogen (secondary N) is 3. The third-order valence-corrected chi connectivity index (χ3v) is 5.24. The Morgan fingerprint density at radius 3 is 2.48 bits per heavy atom. The highest BCUT2D eigenvalue weighted by Gasteiger charge is 2.35. The lowest BCUT2D eigenvalue weighted by Gasteiger charge is -2.35. The fourth-order valence-corrected chi connectivity index (χ4v) is 3.20. The summed E-state index contributed by atoms with van der Waals surface area (Å²) in [5, 5.41) is 8.83. The van der Waals surface area contributed by atoms with E-state index < -0.39 is 0 Å². The number of hydrogen-bond acceptors (Lipinski definition) is 5. The fourth-order valence-electron chi connectivity index (χ4n) is 3.20. The van der Waals surface area contributed by atoms with Gasteiger partial charge in [-0.15, -0.1) is 0 Å². The van der Waals surface area contributed by atoms with Gasteiger partial charge in [0.2, 0.25) is 11.8 Å². The second-order valence-electron chi connectivity index (χ2n) is 7.32. The van der Waals surface area contributed by atoms with Crippen LogP contribution in [0.5, 0.6) is 0 Å². The first-order valence-corrected chi connectivity index (χ1v) is 9.44. The highest BCUT2D eigenvalue weighted by Crippen LogP contribution is 2.27. The molecule has 1 saturated carbocycles. The number of esters is 1. The van der Waals surface area contributed by atoms with Gasteiger partial charge in [-0.3, -0.25) is 14.4 Å². The standard InChI is InChI=1S/C18H31N3O4/c1-3-12(2)8-16(22)21-15-9-14(10-15)17(23)20-11-25-18(24)13-4-6-19-7-5-13/h12-15,19H,3-11H2,1-2H3,(H,20,23)(H,21,22).